The van der Waals surface area contributed by atoms with E-state index in [1.54, 1.807) is 0 Å². The van der Waals surface area contributed by atoms with Gasteiger partial charge in [0.2, 0.25) is 0 Å². The van der Waals surface area contributed by atoms with Crippen LogP contribution >= 0.6 is 0 Å². The fourth-order valence-electron chi connectivity index (χ4n) is 1.96. The van der Waals surface area contributed by atoms with Crippen molar-refractivity contribution in [3.63, 3.8) is 0 Å². The summed E-state index contributed by atoms with van der Waals surface area (Å²) in [5, 5.41) is 9.62. The Hall–Kier alpha value is -1.07. The molecule has 0 amide bonds. The van der Waals surface area contributed by atoms with Crippen LogP contribution in [-0.2, 0) is 23.0 Å². The lowest BCUT2D eigenvalue weighted by molar-refractivity contribution is 0.455. The van der Waals surface area contributed by atoms with Gasteiger partial charge in [-0.05, 0) is 42.9 Å². The fourth-order valence-corrected chi connectivity index (χ4v) is 2.52. The van der Waals surface area contributed by atoms with Crippen LogP contribution in [0.5, 0.6) is 5.75 Å². The Balaban J connectivity index is 2.60. The number of hydrogen-bond acceptors (Lipinski definition) is 3. The summed E-state index contributed by atoms with van der Waals surface area (Å²) in [5.41, 5.74) is 1.64. The predicted molar refractivity (Wildman–Crippen MR) is 54.6 cm³/mol. The summed E-state index contributed by atoms with van der Waals surface area (Å²) in [5.74, 6) is -0.0279. The fraction of sp³-hybridized carbons (Fsp3) is 0.400. The molecule has 2 rings (SSSR count). The van der Waals surface area contributed by atoms with Crippen molar-refractivity contribution in [1.29, 1.82) is 0 Å². The summed E-state index contributed by atoms with van der Waals surface area (Å²) in [7, 11) is -4.22. The average molecular weight is 228 g/mol. The van der Waals surface area contributed by atoms with Gasteiger partial charge in [-0.25, -0.2) is 0 Å². The maximum absolute atomic E-state index is 10.9. The van der Waals surface area contributed by atoms with E-state index in [2.05, 4.69) is 0 Å². The second-order valence-electron chi connectivity index (χ2n) is 3.76. The van der Waals surface area contributed by atoms with Crippen molar-refractivity contribution >= 4 is 10.1 Å². The first-order valence-corrected chi connectivity index (χ1v) is 6.25. The van der Waals surface area contributed by atoms with E-state index in [1.807, 2.05) is 0 Å². The van der Waals surface area contributed by atoms with E-state index in [0.29, 0.717) is 0 Å². The minimum atomic E-state index is -4.22. The van der Waals surface area contributed by atoms with E-state index in [-0.39, 0.29) is 10.6 Å². The van der Waals surface area contributed by atoms with E-state index >= 15 is 0 Å². The van der Waals surface area contributed by atoms with Crippen molar-refractivity contribution in [2.75, 3.05) is 0 Å². The molecular weight excluding hydrogens is 216 g/mol. The molecule has 0 spiro atoms. The molecule has 0 radical (unpaired) electrons. The molecule has 0 aliphatic heterocycles. The van der Waals surface area contributed by atoms with Crippen LogP contribution in [0, 0.1) is 0 Å². The molecule has 0 unspecified atom stereocenters. The third-order valence-corrected chi connectivity index (χ3v) is 3.54. The van der Waals surface area contributed by atoms with Crippen molar-refractivity contribution in [1.82, 2.24) is 0 Å². The highest BCUT2D eigenvalue weighted by atomic mass is 32.2. The zero-order valence-electron chi connectivity index (χ0n) is 8.10. The van der Waals surface area contributed by atoms with Crippen LogP contribution in [-0.4, -0.2) is 18.1 Å². The molecular formula is C10H12O4S. The first-order valence-electron chi connectivity index (χ1n) is 4.81. The molecule has 1 aromatic rings. The number of rotatable bonds is 1. The second kappa shape index (κ2) is 3.50. The Labute approximate surface area is 88.3 Å². The summed E-state index contributed by atoms with van der Waals surface area (Å²) in [4.78, 5) is -0.222. The maximum Gasteiger partial charge on any atom is 0.294 e. The van der Waals surface area contributed by atoms with E-state index in [4.69, 9.17) is 4.55 Å². The van der Waals surface area contributed by atoms with E-state index in [9.17, 15) is 13.5 Å². The van der Waals surface area contributed by atoms with Crippen LogP contribution in [0.15, 0.2) is 17.0 Å². The van der Waals surface area contributed by atoms with Crippen LogP contribution in [0.3, 0.4) is 0 Å². The van der Waals surface area contributed by atoms with Crippen LogP contribution in [0.4, 0.5) is 0 Å². The first kappa shape index (κ1) is 10.4. The SMILES string of the molecule is O=S(=O)(O)c1cc(O)c2c(c1)CCCC2. The Morgan fingerprint density at radius 2 is 1.80 bits per heavy atom. The van der Waals surface area contributed by atoms with Crippen molar-refractivity contribution < 1.29 is 18.1 Å². The van der Waals surface area contributed by atoms with Gasteiger partial charge in [-0.3, -0.25) is 4.55 Å². The molecule has 2 N–H and O–H groups in total. The molecule has 0 fully saturated rings. The minimum Gasteiger partial charge on any atom is -0.508 e. The van der Waals surface area contributed by atoms with E-state index < -0.39 is 10.1 Å². The Morgan fingerprint density at radius 3 is 2.47 bits per heavy atom. The largest absolute Gasteiger partial charge is 0.508 e. The molecule has 0 bridgehead atoms. The quantitative estimate of drug-likeness (QED) is 0.714. The smallest absolute Gasteiger partial charge is 0.294 e. The molecule has 0 heterocycles. The van der Waals surface area contributed by atoms with Crippen LogP contribution in [0.2, 0.25) is 0 Å². The molecule has 5 heteroatoms. The number of aromatic hydroxyl groups is 1. The Bertz CT molecular complexity index is 490. The first-order chi connectivity index (χ1) is 6.98. The topological polar surface area (TPSA) is 74.6 Å². The number of aryl methyl sites for hydroxylation is 1. The highest BCUT2D eigenvalue weighted by molar-refractivity contribution is 7.85. The molecule has 1 aliphatic rings. The van der Waals surface area contributed by atoms with E-state index in [0.717, 1.165) is 42.9 Å². The monoisotopic (exact) mass is 228 g/mol. The van der Waals surface area contributed by atoms with Crippen LogP contribution in [0.25, 0.3) is 0 Å². The second-order valence-corrected chi connectivity index (χ2v) is 5.18. The molecule has 15 heavy (non-hydrogen) atoms. The highest BCUT2D eigenvalue weighted by Gasteiger charge is 2.18. The maximum atomic E-state index is 10.9. The Kier molecular flexibility index (Phi) is 2.44. The van der Waals surface area contributed by atoms with Gasteiger partial charge in [0, 0.05) is 6.07 Å². The highest BCUT2D eigenvalue weighted by Crippen LogP contribution is 2.31. The molecule has 4 nitrogen and oxygen atoms in total. The predicted octanol–water partition coefficient (Wildman–Crippen LogP) is 1.52. The minimum absolute atomic E-state index is 0.0279. The van der Waals surface area contributed by atoms with Crippen LogP contribution < -0.4 is 0 Å². The third-order valence-electron chi connectivity index (χ3n) is 2.71. The van der Waals surface area contributed by atoms with Gasteiger partial charge < -0.3 is 5.11 Å². The molecule has 0 saturated heterocycles. The molecule has 82 valence electrons. The molecule has 1 aromatic carbocycles. The summed E-state index contributed by atoms with van der Waals surface area (Å²) >= 11 is 0. The van der Waals surface area contributed by atoms with Gasteiger partial charge in [0.1, 0.15) is 5.75 Å². The van der Waals surface area contributed by atoms with Gasteiger partial charge in [0.05, 0.1) is 4.90 Å². The van der Waals surface area contributed by atoms with Gasteiger partial charge in [-0.1, -0.05) is 0 Å². The molecule has 0 atom stereocenters. The van der Waals surface area contributed by atoms with Crippen molar-refractivity contribution in [2.24, 2.45) is 0 Å². The summed E-state index contributed by atoms with van der Waals surface area (Å²) < 4.78 is 30.7. The van der Waals surface area contributed by atoms with Gasteiger partial charge >= 0.3 is 0 Å². The summed E-state index contributed by atoms with van der Waals surface area (Å²) in [6.07, 6.45) is 3.52. The lowest BCUT2D eigenvalue weighted by atomic mass is 9.91. The zero-order valence-corrected chi connectivity index (χ0v) is 8.92. The zero-order chi connectivity index (χ0) is 11.1. The number of phenols is 1. The number of fused-ring (bicyclic) bond motifs is 1. The number of phenolic OH excluding ortho intramolecular Hbond substituents is 1. The third kappa shape index (κ3) is 1.98. The van der Waals surface area contributed by atoms with Gasteiger partial charge in [0.15, 0.2) is 0 Å². The van der Waals surface area contributed by atoms with Gasteiger partial charge in [-0.15, -0.1) is 0 Å². The number of benzene rings is 1. The lowest BCUT2D eigenvalue weighted by Crippen LogP contribution is -2.06. The van der Waals surface area contributed by atoms with Crippen molar-refractivity contribution in [3.8, 4) is 5.75 Å². The Morgan fingerprint density at radius 1 is 1.13 bits per heavy atom. The van der Waals surface area contributed by atoms with Crippen molar-refractivity contribution in [3.05, 3.63) is 23.3 Å². The lowest BCUT2D eigenvalue weighted by Gasteiger charge is -2.17. The van der Waals surface area contributed by atoms with Crippen LogP contribution in [0.1, 0.15) is 24.0 Å². The van der Waals surface area contributed by atoms with Gasteiger partial charge in [-0.2, -0.15) is 8.42 Å². The standard InChI is InChI=1S/C10H12O4S/c11-10-6-8(15(12,13)14)5-7-3-1-2-4-9(7)10/h5-6,11H,1-4H2,(H,12,13,14). The average Bonchev–Trinajstić information content (AvgIpc) is 2.16. The van der Waals surface area contributed by atoms with E-state index in [1.165, 1.54) is 6.07 Å². The van der Waals surface area contributed by atoms with Gasteiger partial charge in [0.25, 0.3) is 10.1 Å². The van der Waals surface area contributed by atoms with Crippen molar-refractivity contribution in [2.45, 2.75) is 30.6 Å². The molecule has 0 aromatic heterocycles. The molecule has 0 saturated carbocycles. The molecule has 1 aliphatic carbocycles. The number of hydrogen-bond donors (Lipinski definition) is 2. The normalized spacial score (nSPS) is 16.1. The summed E-state index contributed by atoms with van der Waals surface area (Å²) in [6, 6.07) is 2.56. The summed E-state index contributed by atoms with van der Waals surface area (Å²) in [6.45, 7) is 0.